The summed E-state index contributed by atoms with van der Waals surface area (Å²) in [6.07, 6.45) is 4.61. The number of hydrogen-bond acceptors (Lipinski definition) is 4. The second-order valence-corrected chi connectivity index (χ2v) is 6.18. The van der Waals surface area contributed by atoms with E-state index in [2.05, 4.69) is 12.2 Å². The highest BCUT2D eigenvalue weighted by Crippen LogP contribution is 2.13. The van der Waals surface area contributed by atoms with Crippen LogP contribution in [0.5, 0.6) is 0 Å². The number of alkyl carbamates (subject to hydrolysis) is 1. The van der Waals surface area contributed by atoms with E-state index in [1.807, 2.05) is 0 Å². The van der Waals surface area contributed by atoms with E-state index in [0.717, 1.165) is 32.1 Å². The minimum atomic E-state index is -0.537. The molecule has 1 unspecified atom stereocenters. The van der Waals surface area contributed by atoms with Gasteiger partial charge in [0.2, 0.25) is 0 Å². The van der Waals surface area contributed by atoms with E-state index < -0.39 is 11.7 Å². The fraction of sp³-hybridized carbons (Fsp3) is 0.875. The van der Waals surface area contributed by atoms with E-state index in [1.54, 1.807) is 27.7 Å². The molecule has 124 valence electrons. The Morgan fingerprint density at radius 1 is 1.10 bits per heavy atom. The largest absolute Gasteiger partial charge is 0.466 e. The third-order valence-corrected chi connectivity index (χ3v) is 2.92. The molecule has 0 fully saturated rings. The molecule has 0 bridgehead atoms. The maximum Gasteiger partial charge on any atom is 0.407 e. The number of carbonyl (C=O) groups is 2. The Morgan fingerprint density at radius 3 is 2.29 bits per heavy atom. The lowest BCUT2D eigenvalue weighted by atomic mass is 10.0. The molecule has 0 saturated carbocycles. The van der Waals surface area contributed by atoms with Gasteiger partial charge >= 0.3 is 12.1 Å². The second kappa shape index (κ2) is 10.5. The van der Waals surface area contributed by atoms with E-state index in [4.69, 9.17) is 9.47 Å². The number of ether oxygens (including phenoxy) is 2. The number of nitrogens with one attached hydrogen (secondary N) is 1. The Morgan fingerprint density at radius 2 is 1.76 bits per heavy atom. The van der Waals surface area contributed by atoms with Gasteiger partial charge in [-0.3, -0.25) is 4.79 Å². The molecule has 0 aromatic carbocycles. The van der Waals surface area contributed by atoms with Crippen molar-refractivity contribution in [3.8, 4) is 0 Å². The van der Waals surface area contributed by atoms with Crippen LogP contribution < -0.4 is 5.32 Å². The van der Waals surface area contributed by atoms with E-state index in [1.165, 1.54) is 0 Å². The van der Waals surface area contributed by atoms with Crippen molar-refractivity contribution in [2.75, 3.05) is 13.2 Å². The SMILES string of the molecule is CCCCCCC(CNC(=O)OC(C)(C)C)C(=O)OCC. The topological polar surface area (TPSA) is 64.6 Å². The van der Waals surface area contributed by atoms with Crippen LogP contribution in [0.1, 0.15) is 66.7 Å². The van der Waals surface area contributed by atoms with Crippen molar-refractivity contribution in [2.24, 2.45) is 5.92 Å². The summed E-state index contributed by atoms with van der Waals surface area (Å²) in [4.78, 5) is 23.5. The molecule has 0 aliphatic rings. The summed E-state index contributed by atoms with van der Waals surface area (Å²) in [5.41, 5.74) is -0.537. The third kappa shape index (κ3) is 11.1. The molecule has 5 heteroatoms. The molecule has 0 saturated heterocycles. The van der Waals surface area contributed by atoms with Crippen LogP contribution in [0.2, 0.25) is 0 Å². The van der Waals surface area contributed by atoms with Gasteiger partial charge in [0.05, 0.1) is 12.5 Å². The first-order chi connectivity index (χ1) is 9.80. The Kier molecular flexibility index (Phi) is 9.84. The van der Waals surface area contributed by atoms with Crippen molar-refractivity contribution < 1.29 is 19.1 Å². The number of esters is 1. The monoisotopic (exact) mass is 301 g/mol. The van der Waals surface area contributed by atoms with Crippen LogP contribution in [-0.2, 0) is 14.3 Å². The summed E-state index contributed by atoms with van der Waals surface area (Å²) in [5.74, 6) is -0.542. The van der Waals surface area contributed by atoms with E-state index in [0.29, 0.717) is 6.61 Å². The number of unbranched alkanes of at least 4 members (excludes halogenated alkanes) is 3. The van der Waals surface area contributed by atoms with Gasteiger partial charge in [-0.05, 0) is 34.1 Å². The molecule has 21 heavy (non-hydrogen) atoms. The van der Waals surface area contributed by atoms with Crippen LogP contribution >= 0.6 is 0 Å². The molecule has 0 aromatic rings. The molecule has 0 radical (unpaired) electrons. The zero-order valence-corrected chi connectivity index (χ0v) is 14.2. The summed E-state index contributed by atoms with van der Waals surface area (Å²) < 4.78 is 10.2. The normalized spacial score (nSPS) is 12.6. The Balaban J connectivity index is 4.26. The third-order valence-electron chi connectivity index (χ3n) is 2.92. The van der Waals surface area contributed by atoms with E-state index >= 15 is 0 Å². The first-order valence-corrected chi connectivity index (χ1v) is 7.93. The Bertz CT molecular complexity index is 310. The van der Waals surface area contributed by atoms with Gasteiger partial charge in [-0.2, -0.15) is 0 Å². The lowest BCUT2D eigenvalue weighted by Crippen LogP contribution is -2.37. The van der Waals surface area contributed by atoms with Gasteiger partial charge in [0, 0.05) is 6.54 Å². The predicted molar refractivity (Wildman–Crippen MR) is 83.1 cm³/mol. The molecule has 1 amide bonds. The molecule has 0 spiro atoms. The zero-order valence-electron chi connectivity index (χ0n) is 14.2. The predicted octanol–water partition coefficient (Wildman–Crippen LogP) is 3.66. The van der Waals surface area contributed by atoms with Crippen molar-refractivity contribution in [3.63, 3.8) is 0 Å². The maximum absolute atomic E-state index is 11.9. The summed E-state index contributed by atoms with van der Waals surface area (Å²) in [7, 11) is 0. The quantitative estimate of drug-likeness (QED) is 0.521. The Hall–Kier alpha value is -1.26. The zero-order chi connectivity index (χ0) is 16.3. The van der Waals surface area contributed by atoms with Crippen LogP contribution in [0.3, 0.4) is 0 Å². The average Bonchev–Trinajstić information content (AvgIpc) is 2.36. The smallest absolute Gasteiger partial charge is 0.407 e. The molecule has 0 aliphatic heterocycles. The lowest BCUT2D eigenvalue weighted by Gasteiger charge is -2.21. The van der Waals surface area contributed by atoms with Gasteiger partial charge < -0.3 is 14.8 Å². The van der Waals surface area contributed by atoms with Gasteiger partial charge in [0.15, 0.2) is 0 Å². The molecule has 0 aromatic heterocycles. The van der Waals surface area contributed by atoms with Crippen LogP contribution in [0.4, 0.5) is 4.79 Å². The molecule has 0 rings (SSSR count). The maximum atomic E-state index is 11.9. The van der Waals surface area contributed by atoms with Gasteiger partial charge in [-0.15, -0.1) is 0 Å². The second-order valence-electron chi connectivity index (χ2n) is 6.18. The fourth-order valence-electron chi connectivity index (χ4n) is 1.90. The van der Waals surface area contributed by atoms with E-state index in [9.17, 15) is 9.59 Å². The lowest BCUT2D eigenvalue weighted by molar-refractivity contribution is -0.148. The van der Waals surface area contributed by atoms with Gasteiger partial charge in [0.25, 0.3) is 0 Å². The molecule has 0 aliphatic carbocycles. The van der Waals surface area contributed by atoms with Crippen LogP contribution in [0, 0.1) is 5.92 Å². The highest BCUT2D eigenvalue weighted by molar-refractivity contribution is 5.74. The summed E-state index contributed by atoms with van der Waals surface area (Å²) >= 11 is 0. The standard InChI is InChI=1S/C16H31NO4/c1-6-8-9-10-11-13(14(18)20-7-2)12-17-15(19)21-16(3,4)5/h13H,6-12H2,1-5H3,(H,17,19). The van der Waals surface area contributed by atoms with Gasteiger partial charge in [-0.1, -0.05) is 32.6 Å². The minimum Gasteiger partial charge on any atom is -0.466 e. The van der Waals surface area contributed by atoms with Crippen molar-refractivity contribution >= 4 is 12.1 Å². The summed E-state index contributed by atoms with van der Waals surface area (Å²) in [5, 5.41) is 2.66. The highest BCUT2D eigenvalue weighted by Gasteiger charge is 2.22. The van der Waals surface area contributed by atoms with Crippen LogP contribution in [0.15, 0.2) is 0 Å². The van der Waals surface area contributed by atoms with Crippen molar-refractivity contribution in [2.45, 2.75) is 72.3 Å². The molecule has 1 N–H and O–H groups in total. The van der Waals surface area contributed by atoms with Gasteiger partial charge in [0.1, 0.15) is 5.60 Å². The van der Waals surface area contributed by atoms with E-state index in [-0.39, 0.29) is 18.4 Å². The van der Waals surface area contributed by atoms with Gasteiger partial charge in [-0.25, -0.2) is 4.79 Å². The average molecular weight is 301 g/mol. The minimum absolute atomic E-state index is 0.245. The van der Waals surface area contributed by atoms with Crippen molar-refractivity contribution in [1.29, 1.82) is 0 Å². The van der Waals surface area contributed by atoms with Crippen molar-refractivity contribution in [3.05, 3.63) is 0 Å². The Labute approximate surface area is 128 Å². The van der Waals surface area contributed by atoms with Crippen molar-refractivity contribution in [1.82, 2.24) is 5.32 Å². The number of carbonyl (C=O) groups excluding carboxylic acids is 2. The number of amides is 1. The molecule has 5 nitrogen and oxygen atoms in total. The molecular formula is C16H31NO4. The molecule has 0 heterocycles. The summed E-state index contributed by atoms with van der Waals surface area (Å²) in [6.45, 7) is 9.97. The van der Waals surface area contributed by atoms with Crippen LogP contribution in [-0.4, -0.2) is 30.8 Å². The first-order valence-electron chi connectivity index (χ1n) is 7.93. The highest BCUT2D eigenvalue weighted by atomic mass is 16.6. The first kappa shape index (κ1) is 19.7. The van der Waals surface area contributed by atoms with Crippen LogP contribution in [0.25, 0.3) is 0 Å². The number of rotatable bonds is 9. The summed E-state index contributed by atoms with van der Waals surface area (Å²) in [6, 6.07) is 0. The fourth-order valence-corrected chi connectivity index (χ4v) is 1.90. The molecule has 1 atom stereocenters. The number of hydrogen-bond donors (Lipinski definition) is 1. The molecular weight excluding hydrogens is 270 g/mol.